The van der Waals surface area contributed by atoms with E-state index in [2.05, 4.69) is 55.5 Å². The molecule has 6 heteroatoms. The molecule has 3 aliphatic rings. The molecule has 3 aliphatic heterocycles. The third-order valence-corrected chi connectivity index (χ3v) is 15.9. The molecule has 3 saturated heterocycles. The molecule has 0 aromatic heterocycles. The van der Waals surface area contributed by atoms with E-state index in [4.69, 9.17) is 0 Å². The van der Waals surface area contributed by atoms with Gasteiger partial charge in [-0.05, 0) is 0 Å². The summed E-state index contributed by atoms with van der Waals surface area (Å²) >= 11 is 12.3. The standard InChI is InChI=1S/C14H24S2Se4/c17-12(2-10-5-15-10)1-9-7-19-14(20-8-9)4-13(18)3-11-6-16-11/h9-14,17-18H,1-8H2. The molecule has 0 aliphatic carbocycles. The van der Waals surface area contributed by atoms with Crippen LogP contribution in [0.15, 0.2) is 0 Å². The Hall–Kier alpha value is 2.78. The van der Waals surface area contributed by atoms with E-state index in [9.17, 15) is 0 Å². The summed E-state index contributed by atoms with van der Waals surface area (Å²) in [6.45, 7) is 0. The fourth-order valence-electron chi connectivity index (χ4n) is 2.67. The maximum atomic E-state index is 2.99. The van der Waals surface area contributed by atoms with E-state index in [1.807, 2.05) is 0 Å². The number of hydrogen-bond donors (Lipinski definition) is 0. The van der Waals surface area contributed by atoms with Crippen molar-refractivity contribution in [3.05, 3.63) is 0 Å². The van der Waals surface area contributed by atoms with E-state index < -0.39 is 0 Å². The molecule has 0 aromatic carbocycles. The van der Waals surface area contributed by atoms with Crippen LogP contribution >= 0.6 is 23.5 Å². The predicted molar refractivity (Wildman–Crippen MR) is 101 cm³/mol. The monoisotopic (exact) mass is 576 g/mol. The molecule has 4 atom stereocenters. The second-order valence-corrected chi connectivity index (χ2v) is 18.6. The minimum atomic E-state index is 0.943. The van der Waals surface area contributed by atoms with Gasteiger partial charge in [-0.2, -0.15) is 0 Å². The Bertz CT molecular complexity index is 272. The third kappa shape index (κ3) is 6.72. The predicted octanol–water partition coefficient (Wildman–Crippen LogP) is 2.78. The van der Waals surface area contributed by atoms with Gasteiger partial charge in [-0.1, -0.05) is 0 Å². The van der Waals surface area contributed by atoms with Crippen LogP contribution in [-0.4, -0.2) is 83.9 Å². The number of hydrogen-bond acceptors (Lipinski definition) is 2. The average molecular weight is 572 g/mol. The zero-order valence-electron chi connectivity index (χ0n) is 11.6. The maximum absolute atomic E-state index is 2.99. The molecule has 0 amide bonds. The first kappa shape index (κ1) is 17.6. The van der Waals surface area contributed by atoms with Crippen molar-refractivity contribution >= 4 is 85.5 Å². The molecule has 3 fully saturated rings. The van der Waals surface area contributed by atoms with Crippen LogP contribution in [0.2, 0.25) is 24.0 Å². The molecule has 20 heavy (non-hydrogen) atoms. The summed E-state index contributed by atoms with van der Waals surface area (Å²) in [7, 11) is 0. The number of rotatable bonds is 8. The normalized spacial score (nSPS) is 39.3. The van der Waals surface area contributed by atoms with E-state index in [1.54, 1.807) is 17.1 Å². The van der Waals surface area contributed by atoms with Gasteiger partial charge >= 0.3 is 163 Å². The SMILES string of the molecule is [SeH]C(CC1C[Se]C(CC([SeH])CC2CS2)[Se]C1)CC1CS1. The summed E-state index contributed by atoms with van der Waals surface area (Å²) in [6, 6.07) is 0. The van der Waals surface area contributed by atoms with Gasteiger partial charge in [0.05, 0.1) is 0 Å². The molecule has 0 nitrogen and oxygen atoms in total. The van der Waals surface area contributed by atoms with E-state index in [1.165, 1.54) is 34.5 Å². The molecule has 116 valence electrons. The Morgan fingerprint density at radius 3 is 1.85 bits per heavy atom. The van der Waals surface area contributed by atoms with Crippen molar-refractivity contribution in [1.82, 2.24) is 0 Å². The van der Waals surface area contributed by atoms with E-state index in [0.29, 0.717) is 0 Å². The molecule has 0 radical (unpaired) electrons. The van der Waals surface area contributed by atoms with Gasteiger partial charge in [0.25, 0.3) is 0 Å². The van der Waals surface area contributed by atoms with Crippen molar-refractivity contribution in [2.45, 2.75) is 60.2 Å². The van der Waals surface area contributed by atoms with Gasteiger partial charge in [0.2, 0.25) is 0 Å². The average Bonchev–Trinajstić information content (AvgIpc) is 3.28. The van der Waals surface area contributed by atoms with Gasteiger partial charge in [0, 0.05) is 0 Å². The molecule has 0 aromatic rings. The second-order valence-electron chi connectivity index (χ2n) is 6.12. The van der Waals surface area contributed by atoms with Crippen molar-refractivity contribution in [3.63, 3.8) is 0 Å². The first-order chi connectivity index (χ1) is 9.69. The van der Waals surface area contributed by atoms with Crippen molar-refractivity contribution in [2.24, 2.45) is 5.92 Å². The number of thioether (sulfide) groups is 2. The van der Waals surface area contributed by atoms with Crippen LogP contribution in [-0.2, 0) is 0 Å². The summed E-state index contributed by atoms with van der Waals surface area (Å²) in [5, 5.41) is 5.28. The zero-order chi connectivity index (χ0) is 13.9. The van der Waals surface area contributed by atoms with Gasteiger partial charge in [-0.3, -0.25) is 0 Å². The van der Waals surface area contributed by atoms with Crippen LogP contribution in [0.4, 0.5) is 0 Å². The van der Waals surface area contributed by atoms with Gasteiger partial charge < -0.3 is 0 Å². The Morgan fingerprint density at radius 1 is 0.850 bits per heavy atom. The Morgan fingerprint density at radius 2 is 1.35 bits per heavy atom. The Labute approximate surface area is 161 Å². The Balaban J connectivity index is 1.29. The minimum absolute atomic E-state index is 0.943. The summed E-state index contributed by atoms with van der Waals surface area (Å²) in [5.41, 5.74) is 0. The fourth-order valence-corrected chi connectivity index (χ4v) is 16.5. The molecule has 0 N–H and O–H groups in total. The molecular formula is C14H24S2Se4. The molecular weight excluding hydrogens is 548 g/mol. The first-order valence-electron chi connectivity index (χ1n) is 7.51. The van der Waals surface area contributed by atoms with Crippen molar-refractivity contribution in [2.75, 3.05) is 11.5 Å². The van der Waals surface area contributed by atoms with Crippen molar-refractivity contribution in [1.29, 1.82) is 0 Å². The van der Waals surface area contributed by atoms with Crippen LogP contribution in [0.1, 0.15) is 25.7 Å². The van der Waals surface area contributed by atoms with Crippen LogP contribution in [0.25, 0.3) is 0 Å². The van der Waals surface area contributed by atoms with Crippen LogP contribution in [0, 0.1) is 5.92 Å². The van der Waals surface area contributed by atoms with E-state index in [0.717, 1.165) is 56.0 Å². The van der Waals surface area contributed by atoms with E-state index in [-0.39, 0.29) is 0 Å². The quantitative estimate of drug-likeness (QED) is 0.325. The summed E-state index contributed by atoms with van der Waals surface area (Å²) in [5.74, 6) is 4.00. The van der Waals surface area contributed by atoms with E-state index >= 15 is 0 Å². The zero-order valence-corrected chi connectivity index (χ0v) is 20.5. The van der Waals surface area contributed by atoms with Crippen LogP contribution in [0.3, 0.4) is 0 Å². The van der Waals surface area contributed by atoms with Crippen LogP contribution in [0.5, 0.6) is 0 Å². The van der Waals surface area contributed by atoms with Crippen molar-refractivity contribution in [3.8, 4) is 0 Å². The second kappa shape index (κ2) is 8.75. The third-order valence-electron chi connectivity index (χ3n) is 3.98. The van der Waals surface area contributed by atoms with Gasteiger partial charge in [0.15, 0.2) is 0 Å². The van der Waals surface area contributed by atoms with Gasteiger partial charge in [0.1, 0.15) is 0 Å². The molecule has 0 spiro atoms. The fraction of sp³-hybridized carbons (Fsp3) is 1.00. The summed E-state index contributed by atoms with van der Waals surface area (Å²) < 4.78 is 1.17. The summed E-state index contributed by atoms with van der Waals surface area (Å²) in [6.07, 6.45) is 6.05. The molecule has 0 bridgehead atoms. The molecule has 3 heterocycles. The van der Waals surface area contributed by atoms with Crippen LogP contribution < -0.4 is 0 Å². The Kier molecular flexibility index (Phi) is 7.70. The van der Waals surface area contributed by atoms with Gasteiger partial charge in [-0.25, -0.2) is 0 Å². The van der Waals surface area contributed by atoms with Crippen molar-refractivity contribution < 1.29 is 0 Å². The molecule has 0 saturated carbocycles. The summed E-state index contributed by atoms with van der Waals surface area (Å²) in [4.78, 5) is 1.90. The molecule has 3 rings (SSSR count). The first-order valence-corrected chi connectivity index (χ1v) is 16.2. The molecule has 4 unspecified atom stereocenters. The topological polar surface area (TPSA) is 0 Å². The van der Waals surface area contributed by atoms with Gasteiger partial charge in [-0.15, -0.1) is 0 Å².